The molecule has 1 rings (SSSR count). The normalized spacial score (nSPS) is 10.5. The average Bonchev–Trinajstić information content (AvgIpc) is 2.25. The molecule has 0 fully saturated rings. The lowest BCUT2D eigenvalue weighted by Crippen LogP contribution is -2.17. The lowest BCUT2D eigenvalue weighted by atomic mass is 10.2. The maximum atomic E-state index is 11.5. The minimum Gasteiger partial charge on any atom is -0.267 e. The van der Waals surface area contributed by atoms with Gasteiger partial charge < -0.3 is 0 Å². The summed E-state index contributed by atoms with van der Waals surface area (Å²) in [7, 11) is 0. The summed E-state index contributed by atoms with van der Waals surface area (Å²) >= 11 is 3.31. The van der Waals surface area contributed by atoms with Gasteiger partial charge >= 0.3 is 0 Å². The van der Waals surface area contributed by atoms with Crippen LogP contribution in [0, 0.1) is 0 Å². The first-order chi connectivity index (χ1) is 7.24. The standard InChI is InChI=1S/C11H13BrN2O/c1-2-3-8-13-14-11(15)9-4-6-10(12)7-5-9/h4-8H,2-3H2,1H3,(H,14,15). The van der Waals surface area contributed by atoms with Crippen molar-refractivity contribution >= 4 is 28.1 Å². The number of hydrogen-bond acceptors (Lipinski definition) is 2. The van der Waals surface area contributed by atoms with Crippen molar-refractivity contribution in [1.82, 2.24) is 5.43 Å². The number of amides is 1. The van der Waals surface area contributed by atoms with Crippen LogP contribution in [0.2, 0.25) is 0 Å². The third-order valence-corrected chi connectivity index (χ3v) is 2.31. The molecule has 1 N–H and O–H groups in total. The molecule has 3 nitrogen and oxygen atoms in total. The number of carbonyl (C=O) groups excluding carboxylic acids is 1. The van der Waals surface area contributed by atoms with Crippen molar-refractivity contribution in [3.8, 4) is 0 Å². The average molecular weight is 269 g/mol. The molecule has 0 bridgehead atoms. The minimum absolute atomic E-state index is 0.185. The Morgan fingerprint density at radius 1 is 1.47 bits per heavy atom. The van der Waals surface area contributed by atoms with Crippen molar-refractivity contribution in [3.63, 3.8) is 0 Å². The van der Waals surface area contributed by atoms with Crippen LogP contribution in [0.3, 0.4) is 0 Å². The van der Waals surface area contributed by atoms with E-state index in [0.29, 0.717) is 5.56 Å². The summed E-state index contributed by atoms with van der Waals surface area (Å²) in [6.07, 6.45) is 3.61. The molecule has 0 aliphatic rings. The number of hydrogen-bond donors (Lipinski definition) is 1. The summed E-state index contributed by atoms with van der Waals surface area (Å²) in [6.45, 7) is 2.06. The second kappa shape index (κ2) is 6.35. The van der Waals surface area contributed by atoms with E-state index in [9.17, 15) is 4.79 Å². The lowest BCUT2D eigenvalue weighted by Gasteiger charge is -1.99. The Balaban J connectivity index is 2.50. The number of hydrazone groups is 1. The third-order valence-electron chi connectivity index (χ3n) is 1.78. The molecule has 0 atom stereocenters. The Hall–Kier alpha value is -1.16. The number of benzene rings is 1. The molecule has 4 heteroatoms. The smallest absolute Gasteiger partial charge is 0.267 e. The molecule has 0 heterocycles. The first kappa shape index (κ1) is 11.9. The van der Waals surface area contributed by atoms with Crippen LogP contribution >= 0.6 is 15.9 Å². The Bertz CT molecular complexity index is 346. The van der Waals surface area contributed by atoms with E-state index in [4.69, 9.17) is 0 Å². The molecule has 0 spiro atoms. The Morgan fingerprint density at radius 2 is 2.13 bits per heavy atom. The van der Waals surface area contributed by atoms with Gasteiger partial charge in [0.15, 0.2) is 0 Å². The van der Waals surface area contributed by atoms with E-state index < -0.39 is 0 Å². The SMILES string of the molecule is CCCC=NNC(=O)c1ccc(Br)cc1. The maximum Gasteiger partial charge on any atom is 0.271 e. The summed E-state index contributed by atoms with van der Waals surface area (Å²) in [6, 6.07) is 7.14. The van der Waals surface area contributed by atoms with Crippen LogP contribution < -0.4 is 5.43 Å². The molecule has 0 radical (unpaired) electrons. The van der Waals surface area contributed by atoms with Gasteiger partial charge in [-0.05, 0) is 30.7 Å². The van der Waals surface area contributed by atoms with Gasteiger partial charge in [-0.15, -0.1) is 0 Å². The fraction of sp³-hybridized carbons (Fsp3) is 0.273. The Morgan fingerprint density at radius 3 is 2.73 bits per heavy atom. The highest BCUT2D eigenvalue weighted by molar-refractivity contribution is 9.10. The highest BCUT2D eigenvalue weighted by Crippen LogP contribution is 2.10. The van der Waals surface area contributed by atoms with Crippen LogP contribution in [0.1, 0.15) is 30.1 Å². The van der Waals surface area contributed by atoms with Gasteiger partial charge in [-0.25, -0.2) is 5.43 Å². The zero-order valence-corrected chi connectivity index (χ0v) is 10.1. The van der Waals surface area contributed by atoms with E-state index in [-0.39, 0.29) is 5.91 Å². The van der Waals surface area contributed by atoms with E-state index in [0.717, 1.165) is 17.3 Å². The van der Waals surface area contributed by atoms with Crippen LogP contribution in [-0.2, 0) is 0 Å². The zero-order chi connectivity index (χ0) is 11.1. The number of nitrogens with zero attached hydrogens (tertiary/aromatic N) is 1. The van der Waals surface area contributed by atoms with Crippen LogP contribution in [0.5, 0.6) is 0 Å². The fourth-order valence-electron chi connectivity index (χ4n) is 0.964. The quantitative estimate of drug-likeness (QED) is 0.662. The highest BCUT2D eigenvalue weighted by atomic mass is 79.9. The molecule has 0 saturated heterocycles. The van der Waals surface area contributed by atoms with Crippen LogP contribution in [0.4, 0.5) is 0 Å². The highest BCUT2D eigenvalue weighted by Gasteiger charge is 2.02. The van der Waals surface area contributed by atoms with Gasteiger partial charge in [0.25, 0.3) is 5.91 Å². The van der Waals surface area contributed by atoms with Crippen LogP contribution in [0.15, 0.2) is 33.8 Å². The first-order valence-electron chi connectivity index (χ1n) is 4.81. The lowest BCUT2D eigenvalue weighted by molar-refractivity contribution is 0.0955. The number of nitrogens with one attached hydrogen (secondary N) is 1. The van der Waals surface area contributed by atoms with Gasteiger partial charge in [0.2, 0.25) is 0 Å². The second-order valence-corrected chi connectivity index (χ2v) is 3.96. The van der Waals surface area contributed by atoms with Crippen molar-refractivity contribution in [2.75, 3.05) is 0 Å². The van der Waals surface area contributed by atoms with Gasteiger partial charge in [-0.1, -0.05) is 29.3 Å². The van der Waals surface area contributed by atoms with Crippen molar-refractivity contribution in [3.05, 3.63) is 34.3 Å². The summed E-state index contributed by atoms with van der Waals surface area (Å²) in [5.74, 6) is -0.185. The molecule has 1 amide bonds. The van der Waals surface area contributed by atoms with Gasteiger partial charge in [0, 0.05) is 16.3 Å². The minimum atomic E-state index is -0.185. The summed E-state index contributed by atoms with van der Waals surface area (Å²) < 4.78 is 0.952. The molecule has 80 valence electrons. The Labute approximate surface area is 97.7 Å². The van der Waals surface area contributed by atoms with Crippen LogP contribution in [-0.4, -0.2) is 12.1 Å². The summed E-state index contributed by atoms with van der Waals surface area (Å²) in [4.78, 5) is 11.5. The van der Waals surface area contributed by atoms with Gasteiger partial charge in [-0.2, -0.15) is 5.10 Å². The van der Waals surface area contributed by atoms with Crippen molar-refractivity contribution in [2.24, 2.45) is 5.10 Å². The van der Waals surface area contributed by atoms with E-state index >= 15 is 0 Å². The second-order valence-electron chi connectivity index (χ2n) is 3.05. The molecule has 1 aromatic rings. The topological polar surface area (TPSA) is 41.5 Å². The molecule has 0 aliphatic carbocycles. The molecule has 0 aromatic heterocycles. The molecule has 0 aliphatic heterocycles. The van der Waals surface area contributed by atoms with Gasteiger partial charge in [0.05, 0.1) is 0 Å². The number of rotatable bonds is 4. The number of unbranched alkanes of at least 4 members (excludes halogenated alkanes) is 1. The van der Waals surface area contributed by atoms with Crippen molar-refractivity contribution in [2.45, 2.75) is 19.8 Å². The molecule has 0 unspecified atom stereocenters. The van der Waals surface area contributed by atoms with E-state index in [1.165, 1.54) is 0 Å². The number of halogens is 1. The predicted octanol–water partition coefficient (Wildman–Crippen LogP) is 2.96. The van der Waals surface area contributed by atoms with Crippen molar-refractivity contribution < 1.29 is 4.79 Å². The largest absolute Gasteiger partial charge is 0.271 e. The molecular weight excluding hydrogens is 256 g/mol. The van der Waals surface area contributed by atoms with Gasteiger partial charge in [0.1, 0.15) is 0 Å². The van der Waals surface area contributed by atoms with Crippen LogP contribution in [0.25, 0.3) is 0 Å². The summed E-state index contributed by atoms with van der Waals surface area (Å²) in [5.41, 5.74) is 3.07. The maximum absolute atomic E-state index is 11.5. The molecular formula is C11H13BrN2O. The molecule has 0 saturated carbocycles. The summed E-state index contributed by atoms with van der Waals surface area (Å²) in [5, 5.41) is 3.82. The Kier molecular flexibility index (Phi) is 5.04. The zero-order valence-electron chi connectivity index (χ0n) is 8.53. The molecule has 1 aromatic carbocycles. The van der Waals surface area contributed by atoms with Crippen molar-refractivity contribution in [1.29, 1.82) is 0 Å². The fourth-order valence-corrected chi connectivity index (χ4v) is 1.23. The first-order valence-corrected chi connectivity index (χ1v) is 5.60. The molecule has 15 heavy (non-hydrogen) atoms. The van der Waals surface area contributed by atoms with E-state index in [1.54, 1.807) is 18.3 Å². The van der Waals surface area contributed by atoms with E-state index in [2.05, 4.69) is 33.4 Å². The van der Waals surface area contributed by atoms with Gasteiger partial charge in [-0.3, -0.25) is 4.79 Å². The number of carbonyl (C=O) groups is 1. The van der Waals surface area contributed by atoms with E-state index in [1.807, 2.05) is 12.1 Å². The predicted molar refractivity (Wildman–Crippen MR) is 65.0 cm³/mol. The monoisotopic (exact) mass is 268 g/mol. The third kappa shape index (κ3) is 4.25.